The molecule has 2 unspecified atom stereocenters. The fourth-order valence-corrected chi connectivity index (χ4v) is 4.87. The highest BCUT2D eigenvalue weighted by Gasteiger charge is 2.29. The molecule has 2 atom stereocenters. The van der Waals surface area contributed by atoms with E-state index in [0.717, 1.165) is 51.6 Å². The molecule has 3 amide bonds. The Morgan fingerprint density at radius 1 is 1.09 bits per heavy atom. The van der Waals surface area contributed by atoms with E-state index in [2.05, 4.69) is 15.5 Å². The average molecular weight is 490 g/mol. The lowest BCUT2D eigenvalue weighted by Gasteiger charge is -2.34. The van der Waals surface area contributed by atoms with E-state index in [4.69, 9.17) is 5.73 Å². The maximum atomic E-state index is 14.9. The SMILES string of the molecule is CCC(=O)NC(Cc1ccc(NC(=O)C(N)C2CCCCCC2)c(F)c1)C(=O)N1CCN(C)CC1. The number of carbonyl (C=O) groups excluding carboxylic acids is 3. The summed E-state index contributed by atoms with van der Waals surface area (Å²) in [6.45, 7) is 4.45. The van der Waals surface area contributed by atoms with Gasteiger partial charge in [-0.15, -0.1) is 0 Å². The van der Waals surface area contributed by atoms with Crippen LogP contribution in [0.15, 0.2) is 18.2 Å². The van der Waals surface area contributed by atoms with Gasteiger partial charge < -0.3 is 26.2 Å². The number of hydrogen-bond donors (Lipinski definition) is 3. The molecule has 9 heteroatoms. The Morgan fingerprint density at radius 3 is 2.34 bits per heavy atom. The Hall–Kier alpha value is -2.52. The average Bonchev–Trinajstić information content (AvgIpc) is 3.14. The Labute approximate surface area is 207 Å². The van der Waals surface area contributed by atoms with Crippen molar-refractivity contribution in [2.75, 3.05) is 38.5 Å². The first kappa shape index (κ1) is 27.1. The van der Waals surface area contributed by atoms with Crippen molar-refractivity contribution >= 4 is 23.4 Å². The molecule has 1 aliphatic heterocycles. The van der Waals surface area contributed by atoms with Crippen LogP contribution >= 0.6 is 0 Å². The predicted molar refractivity (Wildman–Crippen MR) is 134 cm³/mol. The molecule has 0 aromatic heterocycles. The molecule has 194 valence electrons. The van der Waals surface area contributed by atoms with Gasteiger partial charge in [0.25, 0.3) is 0 Å². The lowest BCUT2D eigenvalue weighted by Crippen LogP contribution is -2.54. The molecule has 1 saturated heterocycles. The summed E-state index contributed by atoms with van der Waals surface area (Å²) in [6, 6.07) is 3.06. The van der Waals surface area contributed by atoms with Crippen molar-refractivity contribution in [2.45, 2.75) is 70.4 Å². The van der Waals surface area contributed by atoms with Crippen molar-refractivity contribution in [1.29, 1.82) is 0 Å². The number of nitrogens with zero attached hydrogens (tertiary/aromatic N) is 2. The fraction of sp³-hybridized carbons (Fsp3) is 0.654. The van der Waals surface area contributed by atoms with Gasteiger partial charge >= 0.3 is 0 Å². The molecule has 0 radical (unpaired) electrons. The van der Waals surface area contributed by atoms with Crippen LogP contribution in [-0.4, -0.2) is 72.8 Å². The lowest BCUT2D eigenvalue weighted by molar-refractivity contribution is -0.137. The number of nitrogens with one attached hydrogen (secondary N) is 2. The van der Waals surface area contributed by atoms with Crippen molar-refractivity contribution in [1.82, 2.24) is 15.1 Å². The number of halogens is 1. The summed E-state index contributed by atoms with van der Waals surface area (Å²) >= 11 is 0. The normalized spacial score (nSPS) is 19.5. The van der Waals surface area contributed by atoms with E-state index in [1.54, 1.807) is 17.9 Å². The minimum atomic E-state index is -0.769. The molecule has 0 spiro atoms. The topological polar surface area (TPSA) is 108 Å². The van der Waals surface area contributed by atoms with Gasteiger partial charge in [0.1, 0.15) is 11.9 Å². The highest BCUT2D eigenvalue weighted by Crippen LogP contribution is 2.26. The number of rotatable bonds is 8. The van der Waals surface area contributed by atoms with Crippen LogP contribution in [-0.2, 0) is 20.8 Å². The predicted octanol–water partition coefficient (Wildman–Crippen LogP) is 2.27. The minimum absolute atomic E-state index is 0.0716. The summed E-state index contributed by atoms with van der Waals surface area (Å²) in [6.07, 6.45) is 6.73. The summed E-state index contributed by atoms with van der Waals surface area (Å²) in [7, 11) is 2.00. The molecule has 2 aliphatic rings. The second-order valence-electron chi connectivity index (χ2n) is 9.89. The molecule has 35 heavy (non-hydrogen) atoms. The number of nitrogens with two attached hydrogens (primary N) is 1. The Bertz CT molecular complexity index is 880. The fourth-order valence-electron chi connectivity index (χ4n) is 4.87. The molecule has 4 N–H and O–H groups in total. The van der Waals surface area contributed by atoms with E-state index >= 15 is 0 Å². The zero-order valence-corrected chi connectivity index (χ0v) is 21.0. The van der Waals surface area contributed by atoms with Crippen molar-refractivity contribution in [2.24, 2.45) is 11.7 Å². The summed E-state index contributed by atoms with van der Waals surface area (Å²) in [5.74, 6) is -1.23. The highest BCUT2D eigenvalue weighted by atomic mass is 19.1. The molecule has 1 aromatic carbocycles. The molecule has 0 bridgehead atoms. The van der Waals surface area contributed by atoms with Crippen LogP contribution in [0.3, 0.4) is 0 Å². The van der Waals surface area contributed by atoms with Gasteiger partial charge in [0.2, 0.25) is 17.7 Å². The van der Waals surface area contributed by atoms with E-state index in [1.165, 1.54) is 12.1 Å². The number of amides is 3. The van der Waals surface area contributed by atoms with Crippen molar-refractivity contribution in [3.63, 3.8) is 0 Å². The summed E-state index contributed by atoms with van der Waals surface area (Å²) < 4.78 is 14.9. The van der Waals surface area contributed by atoms with Gasteiger partial charge in [-0.25, -0.2) is 4.39 Å². The molecule has 1 saturated carbocycles. The standard InChI is InChI=1S/C26H40FN5O3/c1-3-23(33)29-22(26(35)32-14-12-31(2)13-15-32)17-18-10-11-21(20(27)16-18)30-25(34)24(28)19-8-6-4-5-7-9-19/h10-11,16,19,22,24H,3-9,12-15,17,28H2,1-2H3,(H,29,33)(H,30,34). The number of anilines is 1. The number of benzene rings is 1. The Kier molecular flexibility index (Phi) is 10.0. The quantitative estimate of drug-likeness (QED) is 0.486. The van der Waals surface area contributed by atoms with Crippen molar-refractivity contribution in [3.05, 3.63) is 29.6 Å². The smallest absolute Gasteiger partial charge is 0.245 e. The van der Waals surface area contributed by atoms with E-state index in [0.29, 0.717) is 18.7 Å². The molecule has 1 aliphatic carbocycles. The second kappa shape index (κ2) is 13.0. The zero-order chi connectivity index (χ0) is 25.4. The summed E-state index contributed by atoms with van der Waals surface area (Å²) in [5, 5.41) is 5.43. The van der Waals surface area contributed by atoms with Gasteiger partial charge in [-0.2, -0.15) is 0 Å². The lowest BCUT2D eigenvalue weighted by atomic mass is 9.92. The van der Waals surface area contributed by atoms with Crippen LogP contribution in [0.5, 0.6) is 0 Å². The van der Waals surface area contributed by atoms with Gasteiger partial charge in [0.05, 0.1) is 11.7 Å². The molecule has 1 heterocycles. The number of likely N-dealkylation sites (N-methyl/N-ethyl adjacent to an activating group) is 1. The minimum Gasteiger partial charge on any atom is -0.344 e. The van der Waals surface area contributed by atoms with E-state index < -0.39 is 17.9 Å². The number of piperazine rings is 1. The van der Waals surface area contributed by atoms with Crippen LogP contribution in [0.25, 0.3) is 0 Å². The third kappa shape index (κ3) is 7.73. The zero-order valence-electron chi connectivity index (χ0n) is 21.0. The molecule has 2 fully saturated rings. The van der Waals surface area contributed by atoms with Crippen LogP contribution in [0.1, 0.15) is 57.4 Å². The van der Waals surface area contributed by atoms with Gasteiger partial charge in [-0.3, -0.25) is 14.4 Å². The van der Waals surface area contributed by atoms with Gasteiger partial charge in [-0.05, 0) is 43.5 Å². The largest absolute Gasteiger partial charge is 0.344 e. The third-order valence-corrected chi connectivity index (χ3v) is 7.21. The van der Waals surface area contributed by atoms with Crippen molar-refractivity contribution < 1.29 is 18.8 Å². The van der Waals surface area contributed by atoms with E-state index in [9.17, 15) is 18.8 Å². The third-order valence-electron chi connectivity index (χ3n) is 7.21. The summed E-state index contributed by atoms with van der Waals surface area (Å²) in [5.41, 5.74) is 6.85. The maximum Gasteiger partial charge on any atom is 0.245 e. The molecule has 3 rings (SSSR count). The van der Waals surface area contributed by atoms with Crippen LogP contribution < -0.4 is 16.4 Å². The maximum absolute atomic E-state index is 14.9. The first-order chi connectivity index (χ1) is 16.8. The van der Waals surface area contributed by atoms with Gasteiger partial charge in [0, 0.05) is 39.0 Å². The first-order valence-corrected chi connectivity index (χ1v) is 12.9. The Morgan fingerprint density at radius 2 is 1.74 bits per heavy atom. The number of hydrogen-bond acceptors (Lipinski definition) is 5. The highest BCUT2D eigenvalue weighted by molar-refractivity contribution is 5.95. The van der Waals surface area contributed by atoms with Crippen LogP contribution in [0.4, 0.5) is 10.1 Å². The molecule has 8 nitrogen and oxygen atoms in total. The van der Waals surface area contributed by atoms with Gasteiger partial charge in [0.15, 0.2) is 0 Å². The Balaban J connectivity index is 1.65. The van der Waals surface area contributed by atoms with E-state index in [1.807, 2.05) is 7.05 Å². The van der Waals surface area contributed by atoms with Gasteiger partial charge in [-0.1, -0.05) is 38.7 Å². The first-order valence-electron chi connectivity index (χ1n) is 12.9. The van der Waals surface area contributed by atoms with Crippen molar-refractivity contribution in [3.8, 4) is 0 Å². The van der Waals surface area contributed by atoms with Crippen LogP contribution in [0, 0.1) is 11.7 Å². The second-order valence-corrected chi connectivity index (χ2v) is 9.89. The monoisotopic (exact) mass is 489 g/mol. The number of carbonyl (C=O) groups is 3. The molecular weight excluding hydrogens is 449 g/mol. The van der Waals surface area contributed by atoms with E-state index in [-0.39, 0.29) is 42.2 Å². The van der Waals surface area contributed by atoms with Crippen LogP contribution in [0.2, 0.25) is 0 Å². The molecule has 1 aromatic rings. The molecular formula is C26H40FN5O3. The summed E-state index contributed by atoms with van der Waals surface area (Å²) in [4.78, 5) is 41.8.